The quantitative estimate of drug-likeness (QED) is 0.374. The summed E-state index contributed by atoms with van der Waals surface area (Å²) >= 11 is 0. The van der Waals surface area contributed by atoms with Crippen LogP contribution in [0.4, 0.5) is 23.3 Å². The molecule has 0 saturated heterocycles. The first kappa shape index (κ1) is 18.7. The molecule has 0 radical (unpaired) electrons. The Morgan fingerprint density at radius 1 is 1.18 bits per heavy atom. The summed E-state index contributed by atoms with van der Waals surface area (Å²) in [5, 5.41) is 13.8. The predicted molar refractivity (Wildman–Crippen MR) is 101 cm³/mol. The van der Waals surface area contributed by atoms with Crippen molar-refractivity contribution in [3.05, 3.63) is 75.6 Å². The van der Waals surface area contributed by atoms with Crippen LogP contribution in [0.1, 0.15) is 21.7 Å². The second kappa shape index (κ2) is 8.08. The Morgan fingerprint density at radius 2 is 1.93 bits per heavy atom. The van der Waals surface area contributed by atoms with Gasteiger partial charge in [0.05, 0.1) is 10.5 Å². The van der Waals surface area contributed by atoms with E-state index >= 15 is 0 Å². The molecule has 0 aliphatic carbocycles. The molecule has 10 heteroatoms. The van der Waals surface area contributed by atoms with Crippen LogP contribution in [0.5, 0.6) is 0 Å². The molecule has 0 amide bonds. The van der Waals surface area contributed by atoms with Crippen LogP contribution in [0.3, 0.4) is 0 Å². The van der Waals surface area contributed by atoms with Crippen LogP contribution < -0.4 is 11.1 Å². The average Bonchev–Trinajstić information content (AvgIpc) is 2.67. The normalized spacial score (nSPS) is 10.3. The summed E-state index contributed by atoms with van der Waals surface area (Å²) in [7, 11) is 0. The fraction of sp³-hybridized carbons (Fsp3) is 0.111. The number of nitrogens with one attached hydrogen (secondary N) is 1. The molecular weight excluding hydrogens is 364 g/mol. The molecule has 0 unspecified atom stereocenters. The summed E-state index contributed by atoms with van der Waals surface area (Å²) < 4.78 is 5.13. The molecule has 3 N–H and O–H groups in total. The first-order valence-electron chi connectivity index (χ1n) is 8.16. The van der Waals surface area contributed by atoms with Crippen molar-refractivity contribution in [2.45, 2.75) is 13.5 Å². The van der Waals surface area contributed by atoms with Crippen molar-refractivity contribution in [1.82, 2.24) is 15.0 Å². The van der Waals surface area contributed by atoms with Gasteiger partial charge in [0, 0.05) is 17.8 Å². The predicted octanol–water partition coefficient (Wildman–Crippen LogP) is 2.77. The van der Waals surface area contributed by atoms with Gasteiger partial charge in [-0.1, -0.05) is 23.8 Å². The molecule has 0 saturated carbocycles. The van der Waals surface area contributed by atoms with E-state index in [-0.39, 0.29) is 35.6 Å². The number of nitro groups is 1. The lowest BCUT2D eigenvalue weighted by molar-refractivity contribution is -0.384. The summed E-state index contributed by atoms with van der Waals surface area (Å²) in [5.41, 5.74) is 7.40. The summed E-state index contributed by atoms with van der Waals surface area (Å²) in [6.07, 6.45) is 0. The van der Waals surface area contributed by atoms with Gasteiger partial charge in [-0.2, -0.15) is 15.0 Å². The molecule has 3 rings (SSSR count). The standard InChI is InChI=1S/C18H16N6O4/c1-11-5-7-13(8-6-11)20-18-22-15(21-17(19)23-18)10-28-16(25)12-3-2-4-14(9-12)24(26)27/h2-9H,10H2,1H3,(H3,19,20,21,22,23). The van der Waals surface area contributed by atoms with E-state index in [0.29, 0.717) is 0 Å². The lowest BCUT2D eigenvalue weighted by atomic mass is 10.2. The smallest absolute Gasteiger partial charge is 0.338 e. The van der Waals surface area contributed by atoms with Gasteiger partial charge >= 0.3 is 5.97 Å². The molecule has 3 aromatic rings. The van der Waals surface area contributed by atoms with Crippen molar-refractivity contribution in [3.63, 3.8) is 0 Å². The van der Waals surface area contributed by atoms with Gasteiger partial charge < -0.3 is 15.8 Å². The van der Waals surface area contributed by atoms with Crippen LogP contribution in [0.25, 0.3) is 0 Å². The molecule has 0 aliphatic heterocycles. The minimum Gasteiger partial charge on any atom is -0.454 e. The Morgan fingerprint density at radius 3 is 2.64 bits per heavy atom. The fourth-order valence-corrected chi connectivity index (χ4v) is 2.28. The van der Waals surface area contributed by atoms with Crippen LogP contribution in [-0.4, -0.2) is 25.8 Å². The van der Waals surface area contributed by atoms with Crippen LogP contribution >= 0.6 is 0 Å². The number of nitrogens with zero attached hydrogens (tertiary/aromatic N) is 4. The highest BCUT2D eigenvalue weighted by molar-refractivity contribution is 5.90. The molecule has 0 atom stereocenters. The molecule has 0 spiro atoms. The first-order chi connectivity index (χ1) is 13.4. The number of nitro benzene ring substituents is 1. The number of non-ortho nitro benzene ring substituents is 1. The van der Waals surface area contributed by atoms with Gasteiger partial charge in [0.2, 0.25) is 11.9 Å². The minimum absolute atomic E-state index is 0.0361. The van der Waals surface area contributed by atoms with E-state index in [1.54, 1.807) is 0 Å². The van der Waals surface area contributed by atoms with Crippen molar-refractivity contribution in [2.75, 3.05) is 11.1 Å². The Bertz CT molecular complexity index is 1020. The van der Waals surface area contributed by atoms with Crippen molar-refractivity contribution in [2.24, 2.45) is 0 Å². The number of nitrogens with two attached hydrogens (primary N) is 1. The molecule has 0 bridgehead atoms. The van der Waals surface area contributed by atoms with Gasteiger partial charge in [-0.05, 0) is 25.1 Å². The zero-order valence-corrected chi connectivity index (χ0v) is 14.8. The third-order valence-electron chi connectivity index (χ3n) is 3.63. The van der Waals surface area contributed by atoms with Crippen molar-refractivity contribution < 1.29 is 14.5 Å². The highest BCUT2D eigenvalue weighted by atomic mass is 16.6. The molecule has 2 aromatic carbocycles. The fourth-order valence-electron chi connectivity index (χ4n) is 2.28. The summed E-state index contributed by atoms with van der Waals surface area (Å²) in [5.74, 6) is -0.430. The highest BCUT2D eigenvalue weighted by Gasteiger charge is 2.14. The topological polar surface area (TPSA) is 146 Å². The maximum Gasteiger partial charge on any atom is 0.338 e. The lowest BCUT2D eigenvalue weighted by Gasteiger charge is -2.08. The van der Waals surface area contributed by atoms with Gasteiger partial charge in [-0.15, -0.1) is 0 Å². The highest BCUT2D eigenvalue weighted by Crippen LogP contribution is 2.16. The average molecular weight is 380 g/mol. The van der Waals surface area contributed by atoms with Gasteiger partial charge in [0.1, 0.15) is 0 Å². The van der Waals surface area contributed by atoms with E-state index in [0.717, 1.165) is 17.3 Å². The summed E-state index contributed by atoms with van der Waals surface area (Å²) in [6, 6.07) is 12.8. The van der Waals surface area contributed by atoms with Crippen molar-refractivity contribution >= 4 is 29.2 Å². The maximum atomic E-state index is 12.1. The van der Waals surface area contributed by atoms with E-state index in [9.17, 15) is 14.9 Å². The number of ether oxygens (including phenoxy) is 1. The number of aromatic nitrogens is 3. The second-order valence-electron chi connectivity index (χ2n) is 5.81. The van der Waals surface area contributed by atoms with E-state index in [2.05, 4.69) is 20.3 Å². The molecule has 0 aliphatic rings. The first-order valence-corrected chi connectivity index (χ1v) is 8.16. The Labute approximate surface area is 159 Å². The zero-order chi connectivity index (χ0) is 20.1. The monoisotopic (exact) mass is 380 g/mol. The molecule has 28 heavy (non-hydrogen) atoms. The number of hydrogen-bond donors (Lipinski definition) is 2. The molecule has 0 fully saturated rings. The molecule has 10 nitrogen and oxygen atoms in total. The van der Waals surface area contributed by atoms with Crippen molar-refractivity contribution in [3.8, 4) is 0 Å². The van der Waals surface area contributed by atoms with Gasteiger partial charge in [-0.3, -0.25) is 10.1 Å². The Balaban J connectivity index is 1.69. The van der Waals surface area contributed by atoms with Crippen LogP contribution in [0.15, 0.2) is 48.5 Å². The third-order valence-corrected chi connectivity index (χ3v) is 3.63. The Kier molecular flexibility index (Phi) is 5.40. The van der Waals surface area contributed by atoms with E-state index in [4.69, 9.17) is 10.5 Å². The van der Waals surface area contributed by atoms with Gasteiger partial charge in [0.15, 0.2) is 12.4 Å². The lowest BCUT2D eigenvalue weighted by Crippen LogP contribution is -2.11. The number of carbonyl (C=O) groups excluding carboxylic acids is 1. The number of esters is 1. The summed E-state index contributed by atoms with van der Waals surface area (Å²) in [4.78, 5) is 34.4. The zero-order valence-electron chi connectivity index (χ0n) is 14.8. The second-order valence-corrected chi connectivity index (χ2v) is 5.81. The third kappa shape index (κ3) is 4.75. The number of aryl methyl sites for hydroxylation is 1. The van der Waals surface area contributed by atoms with E-state index < -0.39 is 10.9 Å². The van der Waals surface area contributed by atoms with Crippen LogP contribution in [0, 0.1) is 17.0 Å². The number of anilines is 3. The number of benzene rings is 2. The van der Waals surface area contributed by atoms with E-state index in [1.807, 2.05) is 31.2 Å². The largest absolute Gasteiger partial charge is 0.454 e. The minimum atomic E-state index is -0.740. The number of carbonyl (C=O) groups is 1. The van der Waals surface area contributed by atoms with Gasteiger partial charge in [-0.25, -0.2) is 4.79 Å². The van der Waals surface area contributed by atoms with Crippen LogP contribution in [-0.2, 0) is 11.3 Å². The SMILES string of the molecule is Cc1ccc(Nc2nc(N)nc(COC(=O)c3cccc([N+](=O)[O-])c3)n2)cc1. The molecular formula is C18H16N6O4. The molecule has 1 heterocycles. The van der Waals surface area contributed by atoms with Gasteiger partial charge in [0.25, 0.3) is 5.69 Å². The van der Waals surface area contributed by atoms with Crippen LogP contribution in [0.2, 0.25) is 0 Å². The number of rotatable bonds is 6. The maximum absolute atomic E-state index is 12.1. The number of hydrogen-bond acceptors (Lipinski definition) is 9. The Hall–Kier alpha value is -4.08. The summed E-state index contributed by atoms with van der Waals surface area (Å²) in [6.45, 7) is 1.70. The van der Waals surface area contributed by atoms with E-state index in [1.165, 1.54) is 18.2 Å². The molecule has 1 aromatic heterocycles. The number of nitrogen functional groups attached to an aromatic ring is 1. The molecule has 142 valence electrons. The van der Waals surface area contributed by atoms with Crippen molar-refractivity contribution in [1.29, 1.82) is 0 Å².